The molecular weight excluding hydrogens is 512 g/mol. The van der Waals surface area contributed by atoms with Gasteiger partial charge >= 0.3 is 0 Å². The molecule has 0 radical (unpaired) electrons. The molecule has 0 aromatic carbocycles. The van der Waals surface area contributed by atoms with Crippen molar-refractivity contribution < 1.29 is 10.2 Å². The summed E-state index contributed by atoms with van der Waals surface area (Å²) in [6.45, 7) is 21.6. The molecule has 2 aliphatic rings. The van der Waals surface area contributed by atoms with E-state index in [9.17, 15) is 10.2 Å². The SMILES string of the molecule is CC1=CC(O)CC(C)(C)[C@H]1/C=C/C(C)=C\C=C\C(C)=C/C=C/C=C(C)\C=C\C=C(C)/C=C/C1=C(C)C[C@H](O)CC1(C)C. The molecule has 0 fully saturated rings. The fourth-order valence-electron chi connectivity index (χ4n) is 6.14. The van der Waals surface area contributed by atoms with Gasteiger partial charge in [0.15, 0.2) is 0 Å². The fourth-order valence-corrected chi connectivity index (χ4v) is 6.14. The zero-order valence-electron chi connectivity index (χ0n) is 27.9. The minimum absolute atomic E-state index is 0.00528. The van der Waals surface area contributed by atoms with Crippen LogP contribution in [0.3, 0.4) is 0 Å². The van der Waals surface area contributed by atoms with E-state index in [2.05, 4.69) is 154 Å². The minimum Gasteiger partial charge on any atom is -0.393 e. The largest absolute Gasteiger partial charge is 0.393 e. The molecule has 3 atom stereocenters. The fraction of sp³-hybridized carbons (Fsp3) is 0.450. The van der Waals surface area contributed by atoms with E-state index >= 15 is 0 Å². The van der Waals surface area contributed by atoms with Crippen molar-refractivity contribution in [2.24, 2.45) is 16.7 Å². The van der Waals surface area contributed by atoms with Gasteiger partial charge in [0.1, 0.15) is 0 Å². The Bertz CT molecular complexity index is 1270. The Kier molecular flexibility index (Phi) is 13.5. The highest BCUT2D eigenvalue weighted by Crippen LogP contribution is 2.42. The van der Waals surface area contributed by atoms with Crippen LogP contribution in [-0.4, -0.2) is 22.4 Å². The van der Waals surface area contributed by atoms with E-state index < -0.39 is 0 Å². The van der Waals surface area contributed by atoms with Crippen LogP contribution < -0.4 is 0 Å². The highest BCUT2D eigenvalue weighted by Gasteiger charge is 2.34. The molecule has 0 amide bonds. The summed E-state index contributed by atoms with van der Waals surface area (Å²) >= 11 is 0. The van der Waals surface area contributed by atoms with E-state index in [0.717, 1.165) is 19.3 Å². The lowest BCUT2D eigenvalue weighted by atomic mass is 9.67. The van der Waals surface area contributed by atoms with Crippen molar-refractivity contribution >= 4 is 0 Å². The standard InChI is InChI=1S/C40H56O2/c1-29(17-13-19-31(3)21-23-37-33(5)25-35(41)27-39(37,7)8)15-11-12-16-30(2)18-14-20-32(4)22-24-38-34(6)26-36(42)28-40(38,9)10/h11-25,35-37,41-42H,26-28H2,1-10H3/b12-11+,17-13+,18-14+,23-21+,24-22+,29-15-,30-16-,31-19-,32-20-/t35?,36-,37-/m0/s1. The third-order valence-electron chi connectivity index (χ3n) is 8.33. The Labute approximate surface area is 257 Å². The molecule has 2 rings (SSSR count). The molecular formula is C40H56O2. The molecule has 2 N–H and O–H groups in total. The number of allylic oxidation sites excluding steroid dienone is 20. The van der Waals surface area contributed by atoms with Gasteiger partial charge in [0, 0.05) is 5.92 Å². The molecule has 0 bridgehead atoms. The normalized spacial score (nSPS) is 26.6. The van der Waals surface area contributed by atoms with Gasteiger partial charge in [-0.2, -0.15) is 0 Å². The van der Waals surface area contributed by atoms with Gasteiger partial charge in [0.05, 0.1) is 12.2 Å². The summed E-state index contributed by atoms with van der Waals surface area (Å²) in [5.74, 6) is 0.348. The highest BCUT2D eigenvalue weighted by molar-refractivity contribution is 5.38. The molecule has 0 spiro atoms. The van der Waals surface area contributed by atoms with Crippen LogP contribution in [0.25, 0.3) is 0 Å². The second-order valence-electron chi connectivity index (χ2n) is 13.7. The van der Waals surface area contributed by atoms with Crippen molar-refractivity contribution in [2.75, 3.05) is 0 Å². The molecule has 0 aliphatic heterocycles. The van der Waals surface area contributed by atoms with E-state index in [1.54, 1.807) is 0 Å². The second-order valence-corrected chi connectivity index (χ2v) is 13.7. The Hall–Kier alpha value is -2.94. The topological polar surface area (TPSA) is 40.5 Å². The van der Waals surface area contributed by atoms with Gasteiger partial charge in [0.25, 0.3) is 0 Å². The quantitative estimate of drug-likeness (QED) is 0.203. The summed E-state index contributed by atoms with van der Waals surface area (Å²) in [6, 6.07) is 0. The lowest BCUT2D eigenvalue weighted by molar-refractivity contribution is 0.116. The van der Waals surface area contributed by atoms with Crippen LogP contribution in [0.4, 0.5) is 0 Å². The van der Waals surface area contributed by atoms with Crippen molar-refractivity contribution in [3.8, 4) is 0 Å². The average molecular weight is 569 g/mol. The number of hydrogen-bond donors (Lipinski definition) is 2. The molecule has 2 nitrogen and oxygen atoms in total. The summed E-state index contributed by atoms with van der Waals surface area (Å²) in [4.78, 5) is 0. The van der Waals surface area contributed by atoms with E-state index in [-0.39, 0.29) is 23.0 Å². The lowest BCUT2D eigenvalue weighted by Gasteiger charge is -2.38. The van der Waals surface area contributed by atoms with Crippen molar-refractivity contribution in [3.63, 3.8) is 0 Å². The zero-order chi connectivity index (χ0) is 31.5. The van der Waals surface area contributed by atoms with Crippen molar-refractivity contribution in [1.82, 2.24) is 0 Å². The Morgan fingerprint density at radius 2 is 1.21 bits per heavy atom. The van der Waals surface area contributed by atoms with Crippen LogP contribution in [-0.2, 0) is 0 Å². The molecule has 0 heterocycles. The first-order valence-corrected chi connectivity index (χ1v) is 15.4. The van der Waals surface area contributed by atoms with Crippen molar-refractivity contribution in [2.45, 2.75) is 101 Å². The van der Waals surface area contributed by atoms with Crippen LogP contribution in [0.1, 0.15) is 88.5 Å². The minimum atomic E-state index is -0.331. The maximum absolute atomic E-state index is 10.1. The molecule has 0 aromatic rings. The smallest absolute Gasteiger partial charge is 0.0729 e. The number of rotatable bonds is 10. The number of hydrogen-bond acceptors (Lipinski definition) is 2. The summed E-state index contributed by atoms with van der Waals surface area (Å²) < 4.78 is 0. The van der Waals surface area contributed by atoms with E-state index in [1.165, 1.54) is 39.0 Å². The van der Waals surface area contributed by atoms with E-state index in [1.807, 2.05) is 6.08 Å². The summed E-state index contributed by atoms with van der Waals surface area (Å²) in [7, 11) is 0. The summed E-state index contributed by atoms with van der Waals surface area (Å²) in [5.41, 5.74) is 8.73. The second kappa shape index (κ2) is 16.1. The van der Waals surface area contributed by atoms with Crippen LogP contribution in [0.5, 0.6) is 0 Å². The molecule has 0 aromatic heterocycles. The first-order chi connectivity index (χ1) is 19.6. The average Bonchev–Trinajstić information content (AvgIpc) is 2.84. The van der Waals surface area contributed by atoms with Crippen LogP contribution in [0.2, 0.25) is 0 Å². The van der Waals surface area contributed by atoms with Gasteiger partial charge in [-0.3, -0.25) is 0 Å². The maximum atomic E-state index is 10.1. The van der Waals surface area contributed by atoms with Crippen molar-refractivity contribution in [1.29, 1.82) is 0 Å². The van der Waals surface area contributed by atoms with Gasteiger partial charge in [-0.05, 0) is 77.2 Å². The Morgan fingerprint density at radius 1 is 0.714 bits per heavy atom. The Morgan fingerprint density at radius 3 is 1.74 bits per heavy atom. The predicted molar refractivity (Wildman–Crippen MR) is 184 cm³/mol. The van der Waals surface area contributed by atoms with E-state index in [4.69, 9.17) is 0 Å². The molecule has 0 saturated carbocycles. The third kappa shape index (κ3) is 11.7. The summed E-state index contributed by atoms with van der Waals surface area (Å²) in [5, 5.41) is 20.2. The van der Waals surface area contributed by atoms with E-state index in [0.29, 0.717) is 5.92 Å². The van der Waals surface area contributed by atoms with Crippen LogP contribution in [0, 0.1) is 16.7 Å². The predicted octanol–water partition coefficient (Wildman–Crippen LogP) is 10.4. The number of aliphatic hydroxyl groups is 2. The van der Waals surface area contributed by atoms with Gasteiger partial charge in [-0.25, -0.2) is 0 Å². The zero-order valence-corrected chi connectivity index (χ0v) is 27.9. The molecule has 2 aliphatic carbocycles. The van der Waals surface area contributed by atoms with Crippen LogP contribution in [0.15, 0.2) is 130 Å². The van der Waals surface area contributed by atoms with Gasteiger partial charge in [0.2, 0.25) is 0 Å². The number of aliphatic hydroxyl groups excluding tert-OH is 2. The maximum Gasteiger partial charge on any atom is 0.0729 e. The van der Waals surface area contributed by atoms with Crippen LogP contribution >= 0.6 is 0 Å². The molecule has 1 unspecified atom stereocenters. The summed E-state index contributed by atoms with van der Waals surface area (Å²) in [6.07, 6.45) is 33.8. The third-order valence-corrected chi connectivity index (χ3v) is 8.33. The lowest BCUT2D eigenvalue weighted by Crippen LogP contribution is -2.32. The van der Waals surface area contributed by atoms with Gasteiger partial charge in [-0.15, -0.1) is 0 Å². The molecule has 0 saturated heterocycles. The monoisotopic (exact) mass is 568 g/mol. The molecule has 2 heteroatoms. The Balaban J connectivity index is 1.90. The molecule has 228 valence electrons. The highest BCUT2D eigenvalue weighted by atomic mass is 16.3. The first-order valence-electron chi connectivity index (χ1n) is 15.4. The first kappa shape index (κ1) is 35.3. The van der Waals surface area contributed by atoms with Gasteiger partial charge in [-0.1, -0.05) is 152 Å². The van der Waals surface area contributed by atoms with Crippen molar-refractivity contribution in [3.05, 3.63) is 130 Å². The molecule has 42 heavy (non-hydrogen) atoms. The van der Waals surface area contributed by atoms with Gasteiger partial charge < -0.3 is 10.2 Å².